The summed E-state index contributed by atoms with van der Waals surface area (Å²) in [6, 6.07) is 11.2. The van der Waals surface area contributed by atoms with Crippen LogP contribution >= 0.6 is 0 Å². The fourth-order valence-corrected chi connectivity index (χ4v) is 3.58. The highest BCUT2D eigenvalue weighted by Gasteiger charge is 2.26. The highest BCUT2D eigenvalue weighted by Crippen LogP contribution is 2.22. The van der Waals surface area contributed by atoms with Gasteiger partial charge in [0.25, 0.3) is 5.56 Å². The lowest BCUT2D eigenvalue weighted by Crippen LogP contribution is -2.26. The number of carbonyl (C=O) groups is 1. The summed E-state index contributed by atoms with van der Waals surface area (Å²) in [5.74, 6) is -0.153. The summed E-state index contributed by atoms with van der Waals surface area (Å²) in [5.41, 5.74) is 1.12. The van der Waals surface area contributed by atoms with Gasteiger partial charge in [-0.05, 0) is 64.2 Å². The second-order valence-corrected chi connectivity index (χ2v) is 9.20. The normalized spacial score (nSPS) is 11.6. The van der Waals surface area contributed by atoms with Gasteiger partial charge in [-0.3, -0.25) is 9.59 Å². The number of rotatable bonds is 10. The maximum absolute atomic E-state index is 12.8. The van der Waals surface area contributed by atoms with Crippen molar-refractivity contribution >= 4 is 16.9 Å². The lowest BCUT2D eigenvalue weighted by atomic mass is 9.91. The van der Waals surface area contributed by atoms with Gasteiger partial charge in [0.1, 0.15) is 0 Å². The Bertz CT molecular complexity index is 1240. The summed E-state index contributed by atoms with van der Waals surface area (Å²) in [4.78, 5) is 37.3. The number of aryl methyl sites for hydroxylation is 2. The van der Waals surface area contributed by atoms with Crippen LogP contribution < -0.4 is 11.2 Å². The number of aromatic nitrogens is 1. The van der Waals surface area contributed by atoms with Crippen molar-refractivity contribution in [3.63, 3.8) is 0 Å². The quantitative estimate of drug-likeness (QED) is 0.302. The maximum atomic E-state index is 12.8. The van der Waals surface area contributed by atoms with E-state index in [2.05, 4.69) is 0 Å². The van der Waals surface area contributed by atoms with E-state index in [-0.39, 0.29) is 17.1 Å². The van der Waals surface area contributed by atoms with Gasteiger partial charge in [-0.15, -0.1) is 0 Å². The summed E-state index contributed by atoms with van der Waals surface area (Å²) in [5, 5.41) is 0.615. The molecule has 0 radical (unpaired) electrons. The van der Waals surface area contributed by atoms with Gasteiger partial charge in [0.2, 0.25) is 5.58 Å². The van der Waals surface area contributed by atoms with Gasteiger partial charge in [-0.25, -0.2) is 4.79 Å². The lowest BCUT2D eigenvalue weighted by molar-refractivity contribution is -0.154. The molecule has 0 saturated heterocycles. The SMILES string of the molecule is CCC(C)(C)C(=O)OCCCCCCn1ccc2cc(-c3cccc(C)c3)c(=O)oc2c1=O. The molecule has 0 amide bonds. The number of benzene rings is 1. The molecule has 2 aromatic heterocycles. The highest BCUT2D eigenvalue weighted by atomic mass is 16.5. The summed E-state index contributed by atoms with van der Waals surface area (Å²) in [6.07, 6.45) is 5.94. The van der Waals surface area contributed by atoms with Crippen LogP contribution in [-0.4, -0.2) is 17.1 Å². The molecule has 0 aliphatic rings. The van der Waals surface area contributed by atoms with E-state index in [1.54, 1.807) is 16.8 Å². The average molecular weight is 452 g/mol. The number of nitrogens with zero attached hydrogens (tertiary/aromatic N) is 1. The van der Waals surface area contributed by atoms with E-state index < -0.39 is 11.0 Å². The van der Waals surface area contributed by atoms with Crippen molar-refractivity contribution in [1.29, 1.82) is 0 Å². The molecular weight excluding hydrogens is 418 g/mol. The third-order valence-corrected chi connectivity index (χ3v) is 6.16. The fraction of sp³-hybridized carbons (Fsp3) is 0.444. The molecule has 3 aromatic rings. The van der Waals surface area contributed by atoms with E-state index in [0.29, 0.717) is 24.1 Å². The van der Waals surface area contributed by atoms with Crippen LogP contribution in [0.2, 0.25) is 0 Å². The largest absolute Gasteiger partial charge is 0.465 e. The highest BCUT2D eigenvalue weighted by molar-refractivity contribution is 5.81. The van der Waals surface area contributed by atoms with Crippen molar-refractivity contribution in [3.05, 3.63) is 68.9 Å². The summed E-state index contributed by atoms with van der Waals surface area (Å²) in [6.45, 7) is 8.69. The number of hydrogen-bond acceptors (Lipinski definition) is 5. The van der Waals surface area contributed by atoms with Crippen LogP contribution in [0.1, 0.15) is 58.4 Å². The Labute approximate surface area is 194 Å². The minimum absolute atomic E-state index is 0.0874. The second kappa shape index (κ2) is 10.6. The fourth-order valence-electron chi connectivity index (χ4n) is 3.58. The minimum Gasteiger partial charge on any atom is -0.465 e. The first kappa shape index (κ1) is 24.5. The number of fused-ring (bicyclic) bond motifs is 1. The first-order chi connectivity index (χ1) is 15.7. The summed E-state index contributed by atoms with van der Waals surface area (Å²) >= 11 is 0. The Morgan fingerprint density at radius 3 is 2.55 bits per heavy atom. The smallest absolute Gasteiger partial charge is 0.344 e. The molecule has 1 aromatic carbocycles. The zero-order valence-corrected chi connectivity index (χ0v) is 20.0. The van der Waals surface area contributed by atoms with Crippen LogP contribution in [0.4, 0.5) is 0 Å². The molecule has 6 heteroatoms. The van der Waals surface area contributed by atoms with Crippen LogP contribution in [0.25, 0.3) is 22.1 Å². The van der Waals surface area contributed by atoms with Gasteiger partial charge in [0.05, 0.1) is 17.6 Å². The molecule has 0 N–H and O–H groups in total. The van der Waals surface area contributed by atoms with Gasteiger partial charge in [0, 0.05) is 18.1 Å². The van der Waals surface area contributed by atoms with Gasteiger partial charge in [-0.2, -0.15) is 0 Å². The Kier molecular flexibility index (Phi) is 7.90. The Morgan fingerprint density at radius 2 is 1.82 bits per heavy atom. The van der Waals surface area contributed by atoms with Gasteiger partial charge in [-0.1, -0.05) is 43.2 Å². The lowest BCUT2D eigenvalue weighted by Gasteiger charge is -2.20. The number of esters is 1. The van der Waals surface area contributed by atoms with Crippen LogP contribution in [0.3, 0.4) is 0 Å². The van der Waals surface area contributed by atoms with Crippen molar-refractivity contribution in [3.8, 4) is 11.1 Å². The Hall–Kier alpha value is -3.15. The molecule has 0 unspecified atom stereocenters. The van der Waals surface area contributed by atoms with Crippen LogP contribution in [0, 0.1) is 12.3 Å². The number of ether oxygens (including phenoxy) is 1. The standard InChI is InChI=1S/C27H33NO5/c1-5-27(3,4)26(31)32-16-9-7-6-8-14-28-15-13-21-18-22(20-12-10-11-19(2)17-20)25(30)33-23(21)24(28)29/h10-13,15,17-18H,5-9,14,16H2,1-4H3. The second-order valence-electron chi connectivity index (χ2n) is 9.20. The molecular formula is C27H33NO5. The van der Waals surface area contributed by atoms with E-state index >= 15 is 0 Å². The molecule has 0 spiro atoms. The molecule has 0 bridgehead atoms. The first-order valence-electron chi connectivity index (χ1n) is 11.6. The summed E-state index contributed by atoms with van der Waals surface area (Å²) in [7, 11) is 0. The van der Waals surface area contributed by atoms with Crippen molar-refractivity contribution in [2.45, 2.75) is 66.3 Å². The molecule has 6 nitrogen and oxygen atoms in total. The van der Waals surface area contributed by atoms with E-state index in [1.165, 1.54) is 0 Å². The third-order valence-electron chi connectivity index (χ3n) is 6.16. The maximum Gasteiger partial charge on any atom is 0.344 e. The molecule has 0 atom stereocenters. The zero-order chi connectivity index (χ0) is 24.0. The van der Waals surface area contributed by atoms with Crippen LogP contribution in [-0.2, 0) is 16.1 Å². The molecule has 0 fully saturated rings. The van der Waals surface area contributed by atoms with Crippen molar-refractivity contribution < 1.29 is 13.9 Å². The molecule has 0 aliphatic carbocycles. The number of pyridine rings is 1. The Morgan fingerprint density at radius 1 is 1.06 bits per heavy atom. The molecule has 0 aliphatic heterocycles. The molecule has 2 heterocycles. The Balaban J connectivity index is 1.57. The van der Waals surface area contributed by atoms with Crippen LogP contribution in [0.15, 0.2) is 56.6 Å². The molecule has 176 valence electrons. The van der Waals surface area contributed by atoms with Gasteiger partial charge >= 0.3 is 11.6 Å². The third kappa shape index (κ3) is 6.01. The van der Waals surface area contributed by atoms with Crippen molar-refractivity contribution in [1.82, 2.24) is 4.57 Å². The number of hydrogen-bond donors (Lipinski definition) is 0. The predicted molar refractivity (Wildman–Crippen MR) is 130 cm³/mol. The molecule has 3 rings (SSSR count). The zero-order valence-electron chi connectivity index (χ0n) is 20.0. The predicted octanol–water partition coefficient (Wildman–Crippen LogP) is 5.47. The van der Waals surface area contributed by atoms with Gasteiger partial charge < -0.3 is 13.7 Å². The van der Waals surface area contributed by atoms with Crippen molar-refractivity contribution in [2.75, 3.05) is 6.61 Å². The van der Waals surface area contributed by atoms with E-state index in [0.717, 1.165) is 43.2 Å². The topological polar surface area (TPSA) is 78.5 Å². The number of carbonyl (C=O) groups excluding carboxylic acids is 1. The first-order valence-corrected chi connectivity index (χ1v) is 11.6. The monoisotopic (exact) mass is 451 g/mol. The molecule has 33 heavy (non-hydrogen) atoms. The van der Waals surface area contributed by atoms with Crippen LogP contribution in [0.5, 0.6) is 0 Å². The average Bonchev–Trinajstić information content (AvgIpc) is 2.79. The van der Waals surface area contributed by atoms with E-state index in [1.807, 2.05) is 58.0 Å². The number of unbranched alkanes of at least 4 members (excludes halogenated alkanes) is 3. The van der Waals surface area contributed by atoms with Gasteiger partial charge in [0.15, 0.2) is 0 Å². The minimum atomic E-state index is -0.510. The van der Waals surface area contributed by atoms with E-state index in [4.69, 9.17) is 9.15 Å². The molecule has 0 saturated carbocycles. The van der Waals surface area contributed by atoms with E-state index in [9.17, 15) is 14.4 Å². The van der Waals surface area contributed by atoms with Crippen molar-refractivity contribution in [2.24, 2.45) is 5.41 Å². The summed E-state index contributed by atoms with van der Waals surface area (Å²) < 4.78 is 12.4.